The molecule has 0 unspecified atom stereocenters. The molecule has 0 aromatic heterocycles. The highest BCUT2D eigenvalue weighted by atomic mass is 16.5. The molecule has 0 aliphatic carbocycles. The number of hydrogen-bond donors (Lipinski definition) is 1. The molecule has 0 aromatic carbocycles. The van der Waals surface area contributed by atoms with Crippen molar-refractivity contribution in [3.63, 3.8) is 0 Å². The predicted molar refractivity (Wildman–Crippen MR) is 40.1 cm³/mol. The summed E-state index contributed by atoms with van der Waals surface area (Å²) in [7, 11) is 0. The monoisotopic (exact) mass is 155 g/mol. The number of hydrogen-bond acceptors (Lipinski definition) is 2. The molecule has 1 amide bonds. The van der Waals surface area contributed by atoms with Crippen molar-refractivity contribution >= 4 is 5.91 Å². The molecular formula is C8H13NO2. The maximum atomic E-state index is 10.7. The Kier molecular flexibility index (Phi) is 1.60. The number of rotatable bonds is 1. The molecule has 2 heterocycles. The predicted octanol–water partition coefficient (Wildman–Crippen LogP) is 0.442. The number of ether oxygens (including phenoxy) is 1. The van der Waals surface area contributed by atoms with Crippen LogP contribution in [0.4, 0.5) is 0 Å². The maximum absolute atomic E-state index is 10.7. The molecule has 11 heavy (non-hydrogen) atoms. The fourth-order valence-corrected chi connectivity index (χ4v) is 2.05. The number of carbonyl (C=O) groups is 1. The summed E-state index contributed by atoms with van der Waals surface area (Å²) in [6.45, 7) is 1.56. The highest BCUT2D eigenvalue weighted by Gasteiger charge is 2.40. The van der Waals surface area contributed by atoms with Gasteiger partial charge in [-0.15, -0.1) is 0 Å². The first-order valence-electron chi connectivity index (χ1n) is 4.18. The lowest BCUT2D eigenvalue weighted by atomic mass is 9.95. The minimum Gasteiger partial charge on any atom is -0.373 e. The van der Waals surface area contributed by atoms with Crippen LogP contribution in [0.1, 0.15) is 26.2 Å². The van der Waals surface area contributed by atoms with Crippen molar-refractivity contribution in [2.75, 3.05) is 0 Å². The second-order valence-corrected chi connectivity index (χ2v) is 3.42. The van der Waals surface area contributed by atoms with Crippen LogP contribution in [0.5, 0.6) is 0 Å². The van der Waals surface area contributed by atoms with Gasteiger partial charge in [0, 0.05) is 6.92 Å². The number of amides is 1. The van der Waals surface area contributed by atoms with Gasteiger partial charge in [-0.05, 0) is 19.3 Å². The van der Waals surface area contributed by atoms with Crippen molar-refractivity contribution in [1.29, 1.82) is 0 Å². The molecule has 2 fully saturated rings. The molecule has 2 bridgehead atoms. The van der Waals surface area contributed by atoms with Gasteiger partial charge >= 0.3 is 0 Å². The van der Waals surface area contributed by atoms with Crippen LogP contribution in [-0.4, -0.2) is 24.2 Å². The molecule has 0 saturated carbocycles. The Bertz CT molecular complexity index is 181. The SMILES string of the molecule is CC(=O)N[C@H]1C[C@@H]2CC[C@H]1O2. The van der Waals surface area contributed by atoms with Gasteiger partial charge in [0.2, 0.25) is 5.91 Å². The summed E-state index contributed by atoms with van der Waals surface area (Å²) in [5.41, 5.74) is 0. The van der Waals surface area contributed by atoms with E-state index in [-0.39, 0.29) is 5.91 Å². The number of fused-ring (bicyclic) bond motifs is 2. The van der Waals surface area contributed by atoms with Crippen molar-refractivity contribution in [2.24, 2.45) is 0 Å². The molecule has 0 radical (unpaired) electrons. The van der Waals surface area contributed by atoms with Crippen molar-refractivity contribution in [3.8, 4) is 0 Å². The first-order chi connectivity index (χ1) is 5.25. The third kappa shape index (κ3) is 1.25. The van der Waals surface area contributed by atoms with Gasteiger partial charge < -0.3 is 10.1 Å². The Morgan fingerprint density at radius 2 is 2.36 bits per heavy atom. The third-order valence-corrected chi connectivity index (χ3v) is 2.49. The number of carbonyl (C=O) groups excluding carboxylic acids is 1. The fourth-order valence-electron chi connectivity index (χ4n) is 2.05. The van der Waals surface area contributed by atoms with Crippen molar-refractivity contribution < 1.29 is 9.53 Å². The summed E-state index contributed by atoms with van der Waals surface area (Å²) in [5, 5.41) is 2.91. The van der Waals surface area contributed by atoms with Crippen LogP contribution in [-0.2, 0) is 9.53 Å². The zero-order valence-corrected chi connectivity index (χ0v) is 6.67. The molecule has 2 aliphatic heterocycles. The van der Waals surface area contributed by atoms with E-state index in [9.17, 15) is 4.79 Å². The second-order valence-electron chi connectivity index (χ2n) is 3.42. The Morgan fingerprint density at radius 3 is 2.82 bits per heavy atom. The van der Waals surface area contributed by atoms with Crippen LogP contribution in [0.25, 0.3) is 0 Å². The highest BCUT2D eigenvalue weighted by molar-refractivity contribution is 5.73. The molecule has 0 spiro atoms. The van der Waals surface area contributed by atoms with Gasteiger partial charge in [-0.25, -0.2) is 0 Å². The van der Waals surface area contributed by atoms with Crippen molar-refractivity contribution in [1.82, 2.24) is 5.32 Å². The van der Waals surface area contributed by atoms with Gasteiger partial charge in [0.1, 0.15) is 0 Å². The zero-order chi connectivity index (χ0) is 7.84. The topological polar surface area (TPSA) is 38.3 Å². The first kappa shape index (κ1) is 7.10. The van der Waals surface area contributed by atoms with E-state index in [4.69, 9.17) is 4.74 Å². The molecule has 3 nitrogen and oxygen atoms in total. The Morgan fingerprint density at radius 1 is 1.55 bits per heavy atom. The van der Waals surface area contributed by atoms with E-state index in [1.165, 1.54) is 6.42 Å². The zero-order valence-electron chi connectivity index (χ0n) is 6.67. The lowest BCUT2D eigenvalue weighted by Gasteiger charge is -2.18. The van der Waals surface area contributed by atoms with Crippen molar-refractivity contribution in [2.45, 2.75) is 44.4 Å². The maximum Gasteiger partial charge on any atom is 0.217 e. The summed E-state index contributed by atoms with van der Waals surface area (Å²) < 4.78 is 5.57. The Labute approximate surface area is 66.1 Å². The van der Waals surface area contributed by atoms with E-state index in [0.29, 0.717) is 18.2 Å². The summed E-state index contributed by atoms with van der Waals surface area (Å²) in [5.74, 6) is 0.0613. The minimum absolute atomic E-state index is 0.0613. The molecule has 0 aromatic rings. The van der Waals surface area contributed by atoms with Gasteiger partial charge in [0.25, 0.3) is 0 Å². The lowest BCUT2D eigenvalue weighted by Crippen LogP contribution is -2.40. The lowest BCUT2D eigenvalue weighted by molar-refractivity contribution is -0.120. The van der Waals surface area contributed by atoms with Crippen LogP contribution in [0.15, 0.2) is 0 Å². The quantitative estimate of drug-likeness (QED) is 0.596. The van der Waals surface area contributed by atoms with E-state index in [2.05, 4.69) is 5.32 Å². The van der Waals surface area contributed by atoms with Gasteiger partial charge in [-0.3, -0.25) is 4.79 Å². The van der Waals surface area contributed by atoms with Crippen LogP contribution in [0, 0.1) is 0 Å². The standard InChI is InChI=1S/C8H13NO2/c1-5(10)9-7-4-6-2-3-8(7)11-6/h6-8H,2-4H2,1H3,(H,9,10)/t6-,7-,8+/m0/s1. The summed E-state index contributed by atoms with van der Waals surface area (Å²) in [6.07, 6.45) is 4.06. The van der Waals surface area contributed by atoms with Crippen LogP contribution >= 0.6 is 0 Å². The largest absolute Gasteiger partial charge is 0.373 e. The molecule has 3 atom stereocenters. The molecule has 62 valence electrons. The smallest absolute Gasteiger partial charge is 0.217 e. The van der Waals surface area contributed by atoms with Crippen molar-refractivity contribution in [3.05, 3.63) is 0 Å². The van der Waals surface area contributed by atoms with Gasteiger partial charge in [0.05, 0.1) is 18.2 Å². The summed E-state index contributed by atoms with van der Waals surface area (Å²) in [6, 6.07) is 0.297. The van der Waals surface area contributed by atoms with Gasteiger partial charge in [-0.2, -0.15) is 0 Å². The molecule has 2 aliphatic rings. The Balaban J connectivity index is 1.92. The average Bonchev–Trinajstić information content (AvgIpc) is 2.45. The minimum atomic E-state index is 0.0613. The van der Waals surface area contributed by atoms with E-state index in [1.807, 2.05) is 0 Å². The van der Waals surface area contributed by atoms with E-state index >= 15 is 0 Å². The fraction of sp³-hybridized carbons (Fsp3) is 0.875. The van der Waals surface area contributed by atoms with Crippen LogP contribution in [0.2, 0.25) is 0 Å². The molecule has 2 rings (SSSR count). The second kappa shape index (κ2) is 2.48. The number of nitrogens with one attached hydrogen (secondary N) is 1. The van der Waals surface area contributed by atoms with Gasteiger partial charge in [0.15, 0.2) is 0 Å². The van der Waals surface area contributed by atoms with E-state index in [0.717, 1.165) is 12.8 Å². The third-order valence-electron chi connectivity index (χ3n) is 2.49. The first-order valence-corrected chi connectivity index (χ1v) is 4.18. The summed E-state index contributed by atoms with van der Waals surface area (Å²) in [4.78, 5) is 10.7. The van der Waals surface area contributed by atoms with Crippen LogP contribution in [0.3, 0.4) is 0 Å². The van der Waals surface area contributed by atoms with Crippen LogP contribution < -0.4 is 5.32 Å². The van der Waals surface area contributed by atoms with E-state index < -0.39 is 0 Å². The summed E-state index contributed by atoms with van der Waals surface area (Å²) >= 11 is 0. The normalized spacial score (nSPS) is 41.0. The molecule has 2 saturated heterocycles. The Hall–Kier alpha value is -0.570. The molecule has 1 N–H and O–H groups in total. The highest BCUT2D eigenvalue weighted by Crippen LogP contribution is 2.34. The average molecular weight is 155 g/mol. The van der Waals surface area contributed by atoms with E-state index in [1.54, 1.807) is 6.92 Å². The molecular weight excluding hydrogens is 142 g/mol. The van der Waals surface area contributed by atoms with Gasteiger partial charge in [-0.1, -0.05) is 0 Å². The molecule has 3 heteroatoms.